The highest BCUT2D eigenvalue weighted by atomic mass is 16.4. The molecule has 0 aliphatic heterocycles. The number of anilines is 1. The number of nitrogens with zero attached hydrogens (tertiary/aromatic N) is 1. The maximum Gasteiger partial charge on any atom is 0.333 e. The fraction of sp³-hybridized carbons (Fsp3) is 0.133. The van der Waals surface area contributed by atoms with Gasteiger partial charge in [-0.25, -0.2) is 9.78 Å². The van der Waals surface area contributed by atoms with Gasteiger partial charge in [0.2, 0.25) is 0 Å². The number of carboxylic acids is 1. The first-order valence-corrected chi connectivity index (χ1v) is 6.26. The summed E-state index contributed by atoms with van der Waals surface area (Å²) in [5, 5.41) is 12.0. The van der Waals surface area contributed by atoms with E-state index in [1.165, 1.54) is 25.3 Å². The molecule has 1 aromatic carbocycles. The van der Waals surface area contributed by atoms with Gasteiger partial charge in [0.05, 0.1) is 11.9 Å². The number of carbonyl (C=O) groups is 2. The molecule has 1 heterocycles. The van der Waals surface area contributed by atoms with E-state index in [0.717, 1.165) is 0 Å². The normalized spacial score (nSPS) is 13.2. The molecule has 21 heavy (non-hydrogen) atoms. The Balaban J connectivity index is 2.31. The van der Waals surface area contributed by atoms with Crippen LogP contribution in [0, 0.1) is 0 Å². The van der Waals surface area contributed by atoms with Crippen LogP contribution >= 0.6 is 0 Å². The average Bonchev–Trinajstić information content (AvgIpc) is 2.48. The summed E-state index contributed by atoms with van der Waals surface area (Å²) in [7, 11) is 0. The van der Waals surface area contributed by atoms with Gasteiger partial charge in [-0.15, -0.1) is 0 Å². The van der Waals surface area contributed by atoms with Gasteiger partial charge in [0, 0.05) is 0 Å². The number of pyridine rings is 1. The highest BCUT2D eigenvalue weighted by Gasteiger charge is 2.37. The number of nitrogens with one attached hydrogen (secondary N) is 1. The van der Waals surface area contributed by atoms with E-state index in [9.17, 15) is 14.7 Å². The van der Waals surface area contributed by atoms with Crippen LogP contribution in [0.15, 0.2) is 48.7 Å². The first-order valence-electron chi connectivity index (χ1n) is 6.26. The number of nitrogen functional groups attached to an aromatic ring is 1. The number of hydrogen-bond donors (Lipinski definition) is 3. The Morgan fingerprint density at radius 1 is 1.19 bits per heavy atom. The number of aromatic nitrogens is 1. The van der Waals surface area contributed by atoms with Crippen molar-refractivity contribution in [3.8, 4) is 0 Å². The Kier molecular flexibility index (Phi) is 3.89. The molecule has 0 saturated carbocycles. The number of benzene rings is 1. The summed E-state index contributed by atoms with van der Waals surface area (Å²) >= 11 is 0. The molecule has 2 rings (SSSR count). The van der Waals surface area contributed by atoms with E-state index >= 15 is 0 Å². The van der Waals surface area contributed by atoms with E-state index < -0.39 is 17.4 Å². The fourth-order valence-corrected chi connectivity index (χ4v) is 1.85. The van der Waals surface area contributed by atoms with Crippen LogP contribution in [0.2, 0.25) is 0 Å². The average molecular weight is 285 g/mol. The Hall–Kier alpha value is -2.89. The number of nitrogens with two attached hydrogens (primary N) is 1. The van der Waals surface area contributed by atoms with E-state index in [4.69, 9.17) is 5.73 Å². The summed E-state index contributed by atoms with van der Waals surface area (Å²) in [6.45, 7) is 1.43. The van der Waals surface area contributed by atoms with E-state index in [1.54, 1.807) is 30.3 Å². The van der Waals surface area contributed by atoms with Crippen molar-refractivity contribution in [3.05, 3.63) is 59.9 Å². The molecule has 4 N–H and O–H groups in total. The molecule has 0 fully saturated rings. The molecule has 0 radical (unpaired) electrons. The van der Waals surface area contributed by atoms with E-state index in [2.05, 4.69) is 10.3 Å². The van der Waals surface area contributed by atoms with Gasteiger partial charge in [-0.1, -0.05) is 30.3 Å². The molecule has 1 unspecified atom stereocenters. The van der Waals surface area contributed by atoms with Crippen LogP contribution in [-0.2, 0) is 10.3 Å². The Bertz CT molecular complexity index is 656. The van der Waals surface area contributed by atoms with Crippen molar-refractivity contribution < 1.29 is 14.7 Å². The van der Waals surface area contributed by atoms with Gasteiger partial charge in [-0.3, -0.25) is 4.79 Å². The molecule has 0 saturated heterocycles. The Morgan fingerprint density at radius 2 is 1.86 bits per heavy atom. The van der Waals surface area contributed by atoms with Crippen LogP contribution in [0.1, 0.15) is 23.0 Å². The lowest BCUT2D eigenvalue weighted by Crippen LogP contribution is -2.49. The summed E-state index contributed by atoms with van der Waals surface area (Å²) in [6, 6.07) is 11.5. The van der Waals surface area contributed by atoms with Crippen molar-refractivity contribution in [2.45, 2.75) is 12.5 Å². The maximum absolute atomic E-state index is 12.2. The quantitative estimate of drug-likeness (QED) is 0.787. The van der Waals surface area contributed by atoms with Gasteiger partial charge in [-0.2, -0.15) is 0 Å². The lowest BCUT2D eigenvalue weighted by atomic mass is 9.92. The van der Waals surface area contributed by atoms with Gasteiger partial charge in [-0.05, 0) is 24.6 Å². The first kappa shape index (κ1) is 14.5. The fourth-order valence-electron chi connectivity index (χ4n) is 1.85. The Morgan fingerprint density at radius 3 is 2.38 bits per heavy atom. The van der Waals surface area contributed by atoms with Gasteiger partial charge >= 0.3 is 5.97 Å². The summed E-state index contributed by atoms with van der Waals surface area (Å²) < 4.78 is 0. The predicted octanol–water partition coefficient (Wildman–Crippen LogP) is 1.39. The molecule has 0 spiro atoms. The van der Waals surface area contributed by atoms with Crippen LogP contribution in [0.3, 0.4) is 0 Å². The first-order chi connectivity index (χ1) is 9.93. The van der Waals surface area contributed by atoms with Crippen LogP contribution in [-0.4, -0.2) is 22.0 Å². The van der Waals surface area contributed by atoms with Crippen molar-refractivity contribution >= 4 is 17.6 Å². The minimum Gasteiger partial charge on any atom is -0.479 e. The van der Waals surface area contributed by atoms with E-state index in [0.29, 0.717) is 11.3 Å². The van der Waals surface area contributed by atoms with Crippen molar-refractivity contribution in [1.29, 1.82) is 0 Å². The smallest absolute Gasteiger partial charge is 0.333 e. The van der Waals surface area contributed by atoms with Crippen molar-refractivity contribution in [2.75, 3.05) is 5.73 Å². The van der Waals surface area contributed by atoms with Crippen LogP contribution in [0.25, 0.3) is 0 Å². The SMILES string of the molecule is CC(NC(=O)c1ccc(N)cn1)(C(=O)O)c1ccccc1. The minimum atomic E-state index is -1.54. The Labute approximate surface area is 121 Å². The third kappa shape index (κ3) is 3.00. The molecule has 1 aromatic heterocycles. The predicted molar refractivity (Wildman–Crippen MR) is 77.5 cm³/mol. The highest BCUT2D eigenvalue weighted by molar-refractivity contribution is 5.96. The maximum atomic E-state index is 12.2. The van der Waals surface area contributed by atoms with E-state index in [1.807, 2.05) is 0 Å². The largest absolute Gasteiger partial charge is 0.479 e. The third-order valence-corrected chi connectivity index (χ3v) is 3.16. The van der Waals surface area contributed by atoms with Crippen LogP contribution < -0.4 is 11.1 Å². The molecular weight excluding hydrogens is 270 g/mol. The second-order valence-electron chi connectivity index (χ2n) is 4.73. The number of aliphatic carboxylic acids is 1. The lowest BCUT2D eigenvalue weighted by Gasteiger charge is -2.26. The van der Waals surface area contributed by atoms with Gasteiger partial charge in [0.25, 0.3) is 5.91 Å². The van der Waals surface area contributed by atoms with Crippen molar-refractivity contribution in [1.82, 2.24) is 10.3 Å². The number of hydrogen-bond acceptors (Lipinski definition) is 4. The van der Waals surface area contributed by atoms with Gasteiger partial charge in [0.1, 0.15) is 5.69 Å². The molecule has 108 valence electrons. The van der Waals surface area contributed by atoms with Crippen molar-refractivity contribution in [3.63, 3.8) is 0 Å². The topological polar surface area (TPSA) is 105 Å². The van der Waals surface area contributed by atoms with Crippen LogP contribution in [0.4, 0.5) is 5.69 Å². The molecule has 6 heteroatoms. The molecular formula is C15H15N3O3. The highest BCUT2D eigenvalue weighted by Crippen LogP contribution is 2.21. The number of carboxylic acid groups (broad SMARTS) is 1. The number of amides is 1. The lowest BCUT2D eigenvalue weighted by molar-refractivity contribution is -0.144. The number of rotatable bonds is 4. The number of carbonyl (C=O) groups excluding carboxylic acids is 1. The summed E-state index contributed by atoms with van der Waals surface area (Å²) in [5.74, 6) is -1.73. The van der Waals surface area contributed by atoms with Gasteiger partial charge in [0.15, 0.2) is 5.54 Å². The zero-order valence-corrected chi connectivity index (χ0v) is 11.4. The van der Waals surface area contributed by atoms with Gasteiger partial charge < -0.3 is 16.2 Å². The monoisotopic (exact) mass is 285 g/mol. The second-order valence-corrected chi connectivity index (χ2v) is 4.73. The molecule has 0 bridgehead atoms. The molecule has 2 aromatic rings. The molecule has 0 aliphatic rings. The summed E-state index contributed by atoms with van der Waals surface area (Å²) in [5.41, 5.74) is 4.97. The van der Waals surface area contributed by atoms with Crippen LogP contribution in [0.5, 0.6) is 0 Å². The summed E-state index contributed by atoms with van der Waals surface area (Å²) in [4.78, 5) is 27.6. The summed E-state index contributed by atoms with van der Waals surface area (Å²) in [6.07, 6.45) is 1.34. The molecule has 1 amide bonds. The second kappa shape index (κ2) is 5.62. The third-order valence-electron chi connectivity index (χ3n) is 3.16. The minimum absolute atomic E-state index is 0.104. The van der Waals surface area contributed by atoms with Crippen molar-refractivity contribution in [2.24, 2.45) is 0 Å². The standard InChI is InChI=1S/C15H15N3O3/c1-15(14(20)21,10-5-3-2-4-6-10)18-13(19)12-8-7-11(16)9-17-12/h2-9H,16H2,1H3,(H,18,19)(H,20,21). The van der Waals surface area contributed by atoms with E-state index in [-0.39, 0.29) is 5.69 Å². The molecule has 0 aliphatic carbocycles. The molecule has 1 atom stereocenters. The zero-order chi connectivity index (χ0) is 15.5. The molecule has 6 nitrogen and oxygen atoms in total. The zero-order valence-electron chi connectivity index (χ0n) is 11.4.